The van der Waals surface area contributed by atoms with Gasteiger partial charge in [-0.25, -0.2) is 0 Å². The highest BCUT2D eigenvalue weighted by atomic mass is 16.6. The lowest BCUT2D eigenvalue weighted by molar-refractivity contribution is -0.387. The third kappa shape index (κ3) is 11.5. The van der Waals surface area contributed by atoms with Crippen LogP contribution in [0.4, 0.5) is 11.4 Å². The van der Waals surface area contributed by atoms with Gasteiger partial charge in [0, 0.05) is 25.3 Å². The van der Waals surface area contributed by atoms with E-state index in [0.29, 0.717) is 101 Å². The summed E-state index contributed by atoms with van der Waals surface area (Å²) in [4.78, 5) is 24.2. The molecular weight excluding hydrogens is 660 g/mol. The number of nitro groups is 2. The van der Waals surface area contributed by atoms with Gasteiger partial charge in [-0.2, -0.15) is 0 Å². The first-order valence-corrected chi connectivity index (χ1v) is 18.6. The van der Waals surface area contributed by atoms with Gasteiger partial charge in [-0.3, -0.25) is 20.2 Å². The first kappa shape index (κ1) is 40.7. The Morgan fingerprint density at radius 2 is 0.902 bits per heavy atom. The average Bonchev–Trinajstić information content (AvgIpc) is 3.14. The van der Waals surface area contributed by atoms with Gasteiger partial charge in [0.2, 0.25) is 0 Å². The van der Waals surface area contributed by atoms with Crippen LogP contribution >= 0.6 is 0 Å². The van der Waals surface area contributed by atoms with Crippen LogP contribution in [0.3, 0.4) is 0 Å². The maximum atomic E-state index is 12.4. The number of nitro benzene ring substituents is 2. The lowest BCUT2D eigenvalue weighted by atomic mass is 9.76. The Morgan fingerprint density at radius 3 is 1.27 bits per heavy atom. The largest absolute Gasteiger partial charge is 0.379 e. The van der Waals surface area contributed by atoms with Crippen LogP contribution in [-0.4, -0.2) is 75.9 Å². The van der Waals surface area contributed by atoms with Crippen LogP contribution in [0.5, 0.6) is 0 Å². The second-order valence-electron chi connectivity index (χ2n) is 13.1. The average molecular weight is 717 g/mol. The number of nitrogens with zero attached hydrogens (tertiary/aromatic N) is 2. The highest BCUT2D eigenvalue weighted by Crippen LogP contribution is 2.47. The van der Waals surface area contributed by atoms with Crippen LogP contribution in [0.15, 0.2) is 36.4 Å². The van der Waals surface area contributed by atoms with Crippen molar-refractivity contribution in [3.05, 3.63) is 78.9 Å². The van der Waals surface area contributed by atoms with E-state index in [2.05, 4.69) is 0 Å². The molecule has 0 spiro atoms. The van der Waals surface area contributed by atoms with Crippen LogP contribution in [0.2, 0.25) is 0 Å². The monoisotopic (exact) mass is 716 g/mol. The summed E-state index contributed by atoms with van der Waals surface area (Å²) in [6.07, 6.45) is 8.18. The Hall–Kier alpha value is -3.04. The predicted molar refractivity (Wildman–Crippen MR) is 191 cm³/mol. The Kier molecular flexibility index (Phi) is 17.2. The zero-order valence-corrected chi connectivity index (χ0v) is 30.4. The fourth-order valence-electron chi connectivity index (χ4n) is 7.54. The Bertz CT molecular complexity index is 1260. The Labute approximate surface area is 301 Å². The molecule has 51 heavy (non-hydrogen) atoms. The molecule has 13 nitrogen and oxygen atoms in total. The van der Waals surface area contributed by atoms with Crippen molar-refractivity contribution in [2.45, 2.75) is 102 Å². The van der Waals surface area contributed by atoms with Crippen LogP contribution < -0.4 is 0 Å². The summed E-state index contributed by atoms with van der Waals surface area (Å²) in [7, 11) is 0. The second-order valence-corrected chi connectivity index (χ2v) is 13.1. The van der Waals surface area contributed by atoms with Crippen LogP contribution in [-0.2, 0) is 57.6 Å². The van der Waals surface area contributed by atoms with E-state index in [9.17, 15) is 20.2 Å². The second kappa shape index (κ2) is 21.5. The molecule has 4 rings (SSSR count). The molecule has 2 saturated carbocycles. The third-order valence-corrected chi connectivity index (χ3v) is 9.76. The van der Waals surface area contributed by atoms with Crippen molar-refractivity contribution in [2.24, 2.45) is 0 Å². The summed E-state index contributed by atoms with van der Waals surface area (Å²) in [5.74, 6) is 0. The van der Waals surface area contributed by atoms with E-state index >= 15 is 0 Å². The lowest BCUT2D eigenvalue weighted by Gasteiger charge is -2.39. The highest BCUT2D eigenvalue weighted by Gasteiger charge is 2.43. The molecule has 0 bridgehead atoms. The Morgan fingerprint density at radius 1 is 0.529 bits per heavy atom. The predicted octanol–water partition coefficient (Wildman–Crippen LogP) is 7.68. The number of rotatable bonds is 24. The van der Waals surface area contributed by atoms with E-state index < -0.39 is 11.2 Å². The van der Waals surface area contributed by atoms with E-state index in [0.717, 1.165) is 38.5 Å². The quantitative estimate of drug-likeness (QED) is 0.0598. The van der Waals surface area contributed by atoms with E-state index in [-0.39, 0.29) is 47.6 Å². The molecule has 284 valence electrons. The summed E-state index contributed by atoms with van der Waals surface area (Å²) in [6, 6.07) is 10.1. The van der Waals surface area contributed by atoms with Crippen LogP contribution in [0.1, 0.15) is 100 Å². The fraction of sp³-hybridized carbons (Fsp3) is 0.684. The van der Waals surface area contributed by atoms with Crippen molar-refractivity contribution in [3.8, 4) is 0 Å². The molecule has 0 atom stereocenters. The van der Waals surface area contributed by atoms with E-state index in [1.54, 1.807) is 12.1 Å². The van der Waals surface area contributed by atoms with Gasteiger partial charge in [0.1, 0.15) is 11.2 Å². The molecule has 0 saturated heterocycles. The molecule has 2 aromatic rings. The lowest BCUT2D eigenvalue weighted by Crippen LogP contribution is -2.36. The number of hydrogen-bond donors (Lipinski definition) is 0. The highest BCUT2D eigenvalue weighted by molar-refractivity contribution is 5.51. The van der Waals surface area contributed by atoms with E-state index in [1.165, 1.54) is 12.1 Å². The minimum Gasteiger partial charge on any atom is -0.379 e. The molecule has 0 amide bonds. The number of benzene rings is 2. The smallest absolute Gasteiger partial charge is 0.275 e. The van der Waals surface area contributed by atoms with Gasteiger partial charge in [0.25, 0.3) is 11.4 Å². The normalized spacial score (nSPS) is 17.0. The maximum absolute atomic E-state index is 12.4. The van der Waals surface area contributed by atoms with Crippen molar-refractivity contribution in [1.82, 2.24) is 0 Å². The number of hydrogen-bond acceptors (Lipinski definition) is 11. The molecule has 0 aliphatic heterocycles. The van der Waals surface area contributed by atoms with Gasteiger partial charge in [-0.15, -0.1) is 0 Å². The first-order chi connectivity index (χ1) is 24.9. The SMILES string of the molecule is CCOCCOCCOC1(c2c(COCc3cccc([N+](=O)[O-])c3C3(OCCOCCOCC)CCCCC3)cccc2[N+](=O)[O-])CCCCC1. The molecule has 0 N–H and O–H groups in total. The van der Waals surface area contributed by atoms with Crippen LogP contribution in [0, 0.1) is 20.2 Å². The first-order valence-electron chi connectivity index (χ1n) is 18.6. The molecule has 0 heterocycles. The minimum absolute atomic E-state index is 0.00402. The maximum Gasteiger partial charge on any atom is 0.275 e. The summed E-state index contributed by atoms with van der Waals surface area (Å²) in [6.45, 7) is 8.38. The number of ether oxygens (including phenoxy) is 7. The molecule has 2 aliphatic rings. The molecule has 0 unspecified atom stereocenters. The topological polar surface area (TPSA) is 151 Å². The van der Waals surface area contributed by atoms with Crippen molar-refractivity contribution in [3.63, 3.8) is 0 Å². The summed E-state index contributed by atoms with van der Waals surface area (Å²) < 4.78 is 41.5. The van der Waals surface area contributed by atoms with Crippen molar-refractivity contribution < 1.29 is 43.0 Å². The van der Waals surface area contributed by atoms with Gasteiger partial charge in [-0.05, 0) is 50.7 Å². The third-order valence-electron chi connectivity index (χ3n) is 9.76. The zero-order valence-electron chi connectivity index (χ0n) is 30.4. The minimum atomic E-state index is -0.856. The molecule has 2 aliphatic carbocycles. The summed E-state index contributed by atoms with van der Waals surface area (Å²) in [5, 5.41) is 24.9. The molecule has 2 fully saturated rings. The van der Waals surface area contributed by atoms with E-state index in [4.69, 9.17) is 33.2 Å². The summed E-state index contributed by atoms with van der Waals surface area (Å²) in [5.41, 5.74) is 0.718. The molecule has 13 heteroatoms. The molecule has 0 aromatic heterocycles. The molecule has 2 aromatic carbocycles. The van der Waals surface area contributed by atoms with Crippen LogP contribution in [0.25, 0.3) is 0 Å². The van der Waals surface area contributed by atoms with Crippen molar-refractivity contribution in [1.29, 1.82) is 0 Å². The fourth-order valence-corrected chi connectivity index (χ4v) is 7.54. The van der Waals surface area contributed by atoms with Gasteiger partial charge in [0.05, 0.1) is 87.0 Å². The van der Waals surface area contributed by atoms with Gasteiger partial charge < -0.3 is 33.2 Å². The standard InChI is InChI=1S/C38H56N2O11/c1-3-45-21-23-47-25-27-50-37(17-7-5-8-18-37)35-31(13-11-15-33(35)39(41)42)29-49-30-32-14-12-16-34(40(43)44)36(32)38(19-9-6-10-20-38)51-28-26-48-24-22-46-4-2/h11-16H,3-10,17-30H2,1-2H3. The molecular formula is C38H56N2O11. The molecule has 0 radical (unpaired) electrons. The van der Waals surface area contributed by atoms with Gasteiger partial charge >= 0.3 is 0 Å². The summed E-state index contributed by atoms with van der Waals surface area (Å²) >= 11 is 0. The van der Waals surface area contributed by atoms with E-state index in [1.807, 2.05) is 26.0 Å². The zero-order chi connectivity index (χ0) is 36.4. The van der Waals surface area contributed by atoms with Gasteiger partial charge in [-0.1, -0.05) is 62.8 Å². The van der Waals surface area contributed by atoms with Gasteiger partial charge in [0.15, 0.2) is 0 Å². The van der Waals surface area contributed by atoms with Crippen molar-refractivity contribution in [2.75, 3.05) is 66.1 Å². The Balaban J connectivity index is 1.57. The van der Waals surface area contributed by atoms with Crippen molar-refractivity contribution >= 4 is 11.4 Å².